The van der Waals surface area contributed by atoms with Crippen LogP contribution >= 0.6 is 0 Å². The van der Waals surface area contributed by atoms with Crippen LogP contribution in [0.25, 0.3) is 0 Å². The van der Waals surface area contributed by atoms with E-state index in [4.69, 9.17) is 0 Å². The summed E-state index contributed by atoms with van der Waals surface area (Å²) in [4.78, 5) is 10.3. The Morgan fingerprint density at radius 1 is 1.35 bits per heavy atom. The quantitative estimate of drug-likeness (QED) is 0.322. The number of hydrazone groups is 1. The zero-order valence-corrected chi connectivity index (χ0v) is 15.8. The molecule has 0 fully saturated rings. The summed E-state index contributed by atoms with van der Waals surface area (Å²) in [6.45, 7) is 4.00. The minimum atomic E-state index is -3.86. The van der Waals surface area contributed by atoms with Crippen LogP contribution in [0.2, 0.25) is 0 Å². The molecule has 26 heavy (non-hydrogen) atoms. The summed E-state index contributed by atoms with van der Waals surface area (Å²) in [5.74, 6) is 0.299. The highest BCUT2D eigenvalue weighted by molar-refractivity contribution is 7.89. The Morgan fingerprint density at radius 2 is 2.08 bits per heavy atom. The average Bonchev–Trinajstić information content (AvgIpc) is 2.63. The van der Waals surface area contributed by atoms with E-state index >= 15 is 0 Å². The van der Waals surface area contributed by atoms with Gasteiger partial charge in [0.25, 0.3) is 5.69 Å². The number of benzene rings is 1. The van der Waals surface area contributed by atoms with Gasteiger partial charge in [0, 0.05) is 31.4 Å². The maximum Gasteiger partial charge on any atom is 0.270 e. The summed E-state index contributed by atoms with van der Waals surface area (Å²) in [6, 6.07) is 3.73. The fraction of sp³-hybridized carbons (Fsp3) is 0.471. The van der Waals surface area contributed by atoms with Crippen LogP contribution in [-0.4, -0.2) is 37.0 Å². The first kappa shape index (κ1) is 20.1. The number of allylic oxidation sites excluding steroid dienone is 2. The van der Waals surface area contributed by atoms with E-state index in [2.05, 4.69) is 22.7 Å². The van der Waals surface area contributed by atoms with Crippen LogP contribution in [-0.2, 0) is 10.0 Å². The fourth-order valence-electron chi connectivity index (χ4n) is 2.80. The van der Waals surface area contributed by atoms with Crippen molar-refractivity contribution in [1.29, 1.82) is 0 Å². The molecule has 0 aliphatic heterocycles. The predicted octanol–water partition coefficient (Wildman–Crippen LogP) is 3.38. The highest BCUT2D eigenvalue weighted by Crippen LogP contribution is 2.29. The van der Waals surface area contributed by atoms with Gasteiger partial charge in [0.15, 0.2) is 0 Å². The maximum absolute atomic E-state index is 12.9. The van der Waals surface area contributed by atoms with Gasteiger partial charge >= 0.3 is 0 Å². The minimum Gasteiger partial charge on any atom is -0.277 e. The van der Waals surface area contributed by atoms with Crippen molar-refractivity contribution in [2.45, 2.75) is 38.0 Å². The molecule has 9 heteroatoms. The van der Waals surface area contributed by atoms with Crippen LogP contribution in [0.4, 0.5) is 11.4 Å². The van der Waals surface area contributed by atoms with Gasteiger partial charge < -0.3 is 0 Å². The summed E-state index contributed by atoms with van der Waals surface area (Å²) >= 11 is 0. The van der Waals surface area contributed by atoms with E-state index in [1.54, 1.807) is 20.1 Å². The molecule has 0 amide bonds. The lowest BCUT2D eigenvalue weighted by molar-refractivity contribution is -0.385. The van der Waals surface area contributed by atoms with Gasteiger partial charge in [0.1, 0.15) is 4.90 Å². The van der Waals surface area contributed by atoms with E-state index in [1.807, 2.05) is 0 Å². The Hall–Kier alpha value is -2.26. The molecule has 1 aromatic carbocycles. The largest absolute Gasteiger partial charge is 0.277 e. The molecule has 0 spiro atoms. The van der Waals surface area contributed by atoms with Crippen molar-refractivity contribution in [2.75, 3.05) is 18.5 Å². The van der Waals surface area contributed by atoms with Gasteiger partial charge in [-0.25, -0.2) is 8.42 Å². The van der Waals surface area contributed by atoms with E-state index in [0.717, 1.165) is 25.3 Å². The van der Waals surface area contributed by atoms with E-state index in [0.29, 0.717) is 5.92 Å². The van der Waals surface area contributed by atoms with Gasteiger partial charge in [-0.1, -0.05) is 26.0 Å². The number of sulfonamides is 1. The highest BCUT2D eigenvalue weighted by Gasteiger charge is 2.27. The fourth-order valence-corrected chi connectivity index (χ4v) is 4.42. The summed E-state index contributed by atoms with van der Waals surface area (Å²) in [5.41, 5.74) is 2.70. The van der Waals surface area contributed by atoms with Crippen LogP contribution in [0.5, 0.6) is 0 Å². The third-order valence-electron chi connectivity index (χ3n) is 4.28. The lowest BCUT2D eigenvalue weighted by Gasteiger charge is -2.20. The Balaban J connectivity index is 2.34. The van der Waals surface area contributed by atoms with Gasteiger partial charge in [-0.2, -0.15) is 9.41 Å². The van der Waals surface area contributed by atoms with Gasteiger partial charge in [0.05, 0.1) is 10.6 Å². The van der Waals surface area contributed by atoms with Crippen LogP contribution in [0.3, 0.4) is 0 Å². The van der Waals surface area contributed by atoms with E-state index < -0.39 is 14.9 Å². The number of hydrogen-bond acceptors (Lipinski definition) is 6. The van der Waals surface area contributed by atoms with Crippen molar-refractivity contribution < 1.29 is 13.3 Å². The van der Waals surface area contributed by atoms with Gasteiger partial charge in [0.2, 0.25) is 10.0 Å². The molecule has 1 aromatic rings. The monoisotopic (exact) mass is 380 g/mol. The molecule has 0 saturated heterocycles. The first-order chi connectivity index (χ1) is 12.4. The second kappa shape index (κ2) is 8.91. The van der Waals surface area contributed by atoms with Gasteiger partial charge in [-0.3, -0.25) is 15.5 Å². The summed E-state index contributed by atoms with van der Waals surface area (Å²) in [5, 5.41) is 15.2. The molecule has 0 heterocycles. The SMILES string of the molecule is CCN(CC)S(=O)(=O)c1cc([N+](=O)[O-])ccc1N/N=C\[C@@H]1CC=CCC1. The molecular formula is C17H24N4O4S. The lowest BCUT2D eigenvalue weighted by atomic mass is 9.96. The van der Waals surface area contributed by atoms with E-state index in [1.165, 1.54) is 16.4 Å². The number of nitro benzene ring substituents is 1. The van der Waals surface area contributed by atoms with E-state index in [9.17, 15) is 18.5 Å². The zero-order chi connectivity index (χ0) is 19.2. The summed E-state index contributed by atoms with van der Waals surface area (Å²) < 4.78 is 27.0. The molecule has 1 aliphatic rings. The number of nitro groups is 1. The molecule has 0 aromatic heterocycles. The first-order valence-electron chi connectivity index (χ1n) is 8.62. The Bertz CT molecular complexity index is 801. The molecule has 1 aliphatic carbocycles. The zero-order valence-electron chi connectivity index (χ0n) is 15.0. The van der Waals surface area contributed by atoms with Crippen molar-refractivity contribution in [3.8, 4) is 0 Å². The maximum atomic E-state index is 12.9. The first-order valence-corrected chi connectivity index (χ1v) is 10.1. The van der Waals surface area contributed by atoms with Crippen LogP contribution < -0.4 is 5.43 Å². The number of non-ortho nitro benzene ring substituents is 1. The Morgan fingerprint density at radius 3 is 2.65 bits per heavy atom. The predicted molar refractivity (Wildman–Crippen MR) is 102 cm³/mol. The number of rotatable bonds is 8. The summed E-state index contributed by atoms with van der Waals surface area (Å²) in [7, 11) is -3.86. The van der Waals surface area contributed by atoms with Crippen LogP contribution in [0, 0.1) is 16.0 Å². The standard InChI is InChI=1S/C17H24N4O4S/c1-3-20(4-2)26(24,25)17-12-15(21(22)23)10-11-16(17)19-18-13-14-8-6-5-7-9-14/h5-6,10-14,19H,3-4,7-9H2,1-2H3/b18-13-/t14-/m1/s1. The molecule has 0 unspecified atom stereocenters. The number of hydrogen-bond donors (Lipinski definition) is 1. The number of nitrogens with one attached hydrogen (secondary N) is 1. The van der Waals surface area contributed by atoms with E-state index in [-0.39, 0.29) is 29.4 Å². The smallest absolute Gasteiger partial charge is 0.270 e. The second-order valence-corrected chi connectivity index (χ2v) is 7.87. The summed E-state index contributed by atoms with van der Waals surface area (Å²) in [6.07, 6.45) is 8.88. The third-order valence-corrected chi connectivity index (χ3v) is 6.37. The molecular weight excluding hydrogens is 356 g/mol. The molecule has 8 nitrogen and oxygen atoms in total. The van der Waals surface area contributed by atoms with Crippen molar-refractivity contribution in [1.82, 2.24) is 4.31 Å². The molecule has 0 saturated carbocycles. The Labute approximate surface area is 153 Å². The van der Waals surface area contributed by atoms with Gasteiger partial charge in [-0.05, 0) is 31.2 Å². The molecule has 1 N–H and O–H groups in total. The molecule has 0 bridgehead atoms. The average molecular weight is 380 g/mol. The minimum absolute atomic E-state index is 0.143. The van der Waals surface area contributed by atoms with Crippen molar-refractivity contribution in [3.63, 3.8) is 0 Å². The molecule has 1 atom stereocenters. The molecule has 142 valence electrons. The van der Waals surface area contributed by atoms with Crippen LogP contribution in [0.15, 0.2) is 40.3 Å². The Kier molecular flexibility index (Phi) is 6.87. The van der Waals surface area contributed by atoms with Gasteiger partial charge in [-0.15, -0.1) is 0 Å². The lowest BCUT2D eigenvalue weighted by Crippen LogP contribution is -2.31. The number of anilines is 1. The highest BCUT2D eigenvalue weighted by atomic mass is 32.2. The van der Waals surface area contributed by atoms with Crippen molar-refractivity contribution in [3.05, 3.63) is 40.5 Å². The normalized spacial score (nSPS) is 17.7. The third kappa shape index (κ3) is 4.67. The molecule has 0 radical (unpaired) electrons. The number of nitrogens with zero attached hydrogens (tertiary/aromatic N) is 3. The molecule has 2 rings (SSSR count). The van der Waals surface area contributed by atoms with Crippen molar-refractivity contribution in [2.24, 2.45) is 11.0 Å². The second-order valence-electron chi connectivity index (χ2n) is 5.96. The topological polar surface area (TPSA) is 105 Å². The van der Waals surface area contributed by atoms with Crippen molar-refractivity contribution >= 4 is 27.6 Å². The van der Waals surface area contributed by atoms with Crippen LogP contribution in [0.1, 0.15) is 33.1 Å².